The van der Waals surface area contributed by atoms with E-state index in [1.807, 2.05) is 31.4 Å². The van der Waals surface area contributed by atoms with Gasteiger partial charge in [-0.3, -0.25) is 4.98 Å². The molecular weight excluding hydrogens is 386 g/mol. The van der Waals surface area contributed by atoms with Crippen LogP contribution in [0.15, 0.2) is 60.0 Å². The molecule has 0 unspecified atom stereocenters. The Kier molecular flexibility index (Phi) is 4.24. The van der Waals surface area contributed by atoms with Crippen molar-refractivity contribution in [3.63, 3.8) is 0 Å². The van der Waals surface area contributed by atoms with E-state index in [9.17, 15) is 8.42 Å². The smallest absolute Gasteiger partial charge is 0.179 e. The van der Waals surface area contributed by atoms with Gasteiger partial charge in [0.2, 0.25) is 0 Å². The summed E-state index contributed by atoms with van der Waals surface area (Å²) < 4.78 is 26.1. The predicted molar refractivity (Wildman–Crippen MR) is 113 cm³/mol. The SMILES string of the molecule is CN(c1ncnc2[nH]ccc12)C1CC(CS(=O)(=O)c2cccc3ncccc23)C1. The van der Waals surface area contributed by atoms with Crippen molar-refractivity contribution in [3.05, 3.63) is 55.1 Å². The zero-order valence-electron chi connectivity index (χ0n) is 16.0. The molecule has 5 rings (SSSR count). The molecule has 1 saturated carbocycles. The molecule has 0 aliphatic heterocycles. The predicted octanol–water partition coefficient (Wildman–Crippen LogP) is 3.19. The minimum Gasteiger partial charge on any atom is -0.356 e. The highest BCUT2D eigenvalue weighted by molar-refractivity contribution is 7.91. The fourth-order valence-corrected chi connectivity index (χ4v) is 6.08. The number of nitrogens with zero attached hydrogens (tertiary/aromatic N) is 4. The first-order valence-corrected chi connectivity index (χ1v) is 11.3. The Morgan fingerprint density at radius 2 is 1.93 bits per heavy atom. The van der Waals surface area contributed by atoms with Crippen LogP contribution in [0.2, 0.25) is 0 Å². The second-order valence-corrected chi connectivity index (χ2v) is 9.65. The summed E-state index contributed by atoms with van der Waals surface area (Å²) in [5.41, 5.74) is 1.52. The molecule has 7 nitrogen and oxygen atoms in total. The molecular formula is C21H21N5O2S. The minimum atomic E-state index is -3.38. The maximum atomic E-state index is 13.1. The number of pyridine rings is 1. The molecule has 0 saturated heterocycles. The number of aromatic amines is 1. The highest BCUT2D eigenvalue weighted by Crippen LogP contribution is 2.37. The van der Waals surface area contributed by atoms with Crippen LogP contribution in [0.25, 0.3) is 21.9 Å². The highest BCUT2D eigenvalue weighted by atomic mass is 32.2. The normalized spacial score (nSPS) is 19.3. The fraction of sp³-hybridized carbons (Fsp3) is 0.286. The molecule has 1 aliphatic carbocycles. The molecule has 0 amide bonds. The Hall–Kier alpha value is -3.00. The van der Waals surface area contributed by atoms with Crippen molar-refractivity contribution < 1.29 is 8.42 Å². The summed E-state index contributed by atoms with van der Waals surface area (Å²) in [6.45, 7) is 0. The van der Waals surface area contributed by atoms with Gasteiger partial charge in [-0.05, 0) is 49.1 Å². The molecule has 0 radical (unpaired) electrons. The van der Waals surface area contributed by atoms with E-state index in [-0.39, 0.29) is 17.7 Å². The Bertz CT molecular complexity index is 1290. The topological polar surface area (TPSA) is 91.8 Å². The lowest BCUT2D eigenvalue weighted by molar-refractivity contribution is 0.282. The molecule has 3 aromatic heterocycles. The number of hydrogen-bond donors (Lipinski definition) is 1. The first-order chi connectivity index (χ1) is 14.0. The lowest BCUT2D eigenvalue weighted by atomic mass is 9.81. The van der Waals surface area contributed by atoms with Crippen molar-refractivity contribution >= 4 is 37.6 Å². The molecule has 148 valence electrons. The summed E-state index contributed by atoms with van der Waals surface area (Å²) in [4.78, 5) is 18.6. The Labute approximate surface area is 168 Å². The minimum absolute atomic E-state index is 0.142. The van der Waals surface area contributed by atoms with Gasteiger partial charge in [-0.2, -0.15) is 0 Å². The third-order valence-corrected chi connectivity index (χ3v) is 7.76. The van der Waals surface area contributed by atoms with Gasteiger partial charge < -0.3 is 9.88 Å². The molecule has 8 heteroatoms. The van der Waals surface area contributed by atoms with Crippen molar-refractivity contribution in [1.29, 1.82) is 0 Å². The summed E-state index contributed by atoms with van der Waals surface area (Å²) in [6.07, 6.45) is 6.74. The quantitative estimate of drug-likeness (QED) is 0.546. The van der Waals surface area contributed by atoms with E-state index in [0.717, 1.165) is 29.7 Å². The van der Waals surface area contributed by atoms with Crippen molar-refractivity contribution in [3.8, 4) is 0 Å². The summed E-state index contributed by atoms with van der Waals surface area (Å²) in [5, 5.41) is 1.67. The molecule has 29 heavy (non-hydrogen) atoms. The van der Waals surface area contributed by atoms with E-state index in [0.29, 0.717) is 15.8 Å². The molecule has 4 aromatic rings. The number of benzene rings is 1. The van der Waals surface area contributed by atoms with Crippen LogP contribution >= 0.6 is 0 Å². The second-order valence-electron chi connectivity index (χ2n) is 7.65. The number of fused-ring (bicyclic) bond motifs is 2. The van der Waals surface area contributed by atoms with E-state index < -0.39 is 9.84 Å². The van der Waals surface area contributed by atoms with Crippen LogP contribution in [0.4, 0.5) is 5.82 Å². The van der Waals surface area contributed by atoms with Gasteiger partial charge in [-0.25, -0.2) is 18.4 Å². The number of H-pyrrole nitrogens is 1. The van der Waals surface area contributed by atoms with Crippen LogP contribution in [0.1, 0.15) is 12.8 Å². The van der Waals surface area contributed by atoms with Crippen molar-refractivity contribution in [1.82, 2.24) is 19.9 Å². The number of hydrogen-bond acceptors (Lipinski definition) is 6. The van der Waals surface area contributed by atoms with Crippen LogP contribution in [0.3, 0.4) is 0 Å². The Morgan fingerprint density at radius 3 is 2.79 bits per heavy atom. The van der Waals surface area contributed by atoms with Crippen LogP contribution in [0.5, 0.6) is 0 Å². The summed E-state index contributed by atoms with van der Waals surface area (Å²) >= 11 is 0. The second kappa shape index (κ2) is 6.81. The lowest BCUT2D eigenvalue weighted by Gasteiger charge is -2.41. The van der Waals surface area contributed by atoms with Crippen LogP contribution < -0.4 is 4.90 Å². The molecule has 1 N–H and O–H groups in total. The maximum absolute atomic E-state index is 13.1. The van der Waals surface area contributed by atoms with Gasteiger partial charge in [0.25, 0.3) is 0 Å². The first-order valence-electron chi connectivity index (χ1n) is 9.60. The number of sulfone groups is 1. The van der Waals surface area contributed by atoms with Gasteiger partial charge in [0.1, 0.15) is 17.8 Å². The third kappa shape index (κ3) is 3.13. The molecule has 0 atom stereocenters. The van der Waals surface area contributed by atoms with E-state index in [1.165, 1.54) is 0 Å². The number of aromatic nitrogens is 4. The van der Waals surface area contributed by atoms with Crippen molar-refractivity contribution in [2.24, 2.45) is 5.92 Å². The third-order valence-electron chi connectivity index (χ3n) is 5.82. The molecule has 1 aliphatic rings. The Morgan fingerprint density at radius 1 is 1.07 bits per heavy atom. The van der Waals surface area contributed by atoms with Gasteiger partial charge in [-0.1, -0.05) is 6.07 Å². The summed E-state index contributed by atoms with van der Waals surface area (Å²) in [7, 11) is -1.36. The molecule has 0 spiro atoms. The first kappa shape index (κ1) is 18.1. The zero-order valence-corrected chi connectivity index (χ0v) is 16.8. The zero-order chi connectivity index (χ0) is 20.0. The van der Waals surface area contributed by atoms with Crippen LogP contribution in [0, 0.1) is 5.92 Å². The van der Waals surface area contributed by atoms with E-state index in [4.69, 9.17) is 0 Å². The van der Waals surface area contributed by atoms with Gasteiger partial charge in [-0.15, -0.1) is 0 Å². The standard InChI is InChI=1S/C21H21N5O2S/c1-26(21-17-7-9-23-20(17)24-13-25-21)15-10-14(11-15)12-29(27,28)19-6-2-5-18-16(19)4-3-8-22-18/h2-9,13-15H,10-12H2,1H3,(H,23,24,25). The average molecular weight is 407 g/mol. The van der Waals surface area contributed by atoms with Crippen molar-refractivity contribution in [2.75, 3.05) is 17.7 Å². The maximum Gasteiger partial charge on any atom is 0.179 e. The largest absolute Gasteiger partial charge is 0.356 e. The fourth-order valence-electron chi connectivity index (χ4n) is 4.21. The van der Waals surface area contributed by atoms with Crippen LogP contribution in [-0.4, -0.2) is 47.2 Å². The molecule has 1 aromatic carbocycles. The molecule has 3 heterocycles. The molecule has 1 fully saturated rings. The summed E-state index contributed by atoms with van der Waals surface area (Å²) in [5.74, 6) is 1.18. The number of nitrogens with one attached hydrogen (secondary N) is 1. The van der Waals surface area contributed by atoms with Gasteiger partial charge >= 0.3 is 0 Å². The van der Waals surface area contributed by atoms with E-state index >= 15 is 0 Å². The van der Waals surface area contributed by atoms with Gasteiger partial charge in [0, 0.05) is 30.9 Å². The van der Waals surface area contributed by atoms with Crippen LogP contribution in [-0.2, 0) is 9.84 Å². The van der Waals surface area contributed by atoms with E-state index in [2.05, 4.69) is 24.8 Å². The van der Waals surface area contributed by atoms with Gasteiger partial charge in [0.15, 0.2) is 9.84 Å². The average Bonchev–Trinajstić information content (AvgIpc) is 3.18. The highest BCUT2D eigenvalue weighted by Gasteiger charge is 2.36. The Balaban J connectivity index is 1.32. The monoisotopic (exact) mass is 407 g/mol. The van der Waals surface area contributed by atoms with Crippen molar-refractivity contribution in [2.45, 2.75) is 23.8 Å². The van der Waals surface area contributed by atoms with Gasteiger partial charge in [0.05, 0.1) is 21.6 Å². The number of anilines is 1. The number of rotatable bonds is 5. The summed E-state index contributed by atoms with van der Waals surface area (Å²) in [6, 6.07) is 11.1. The van der Waals surface area contributed by atoms with E-state index in [1.54, 1.807) is 30.7 Å². The molecule has 0 bridgehead atoms. The lowest BCUT2D eigenvalue weighted by Crippen LogP contribution is -2.45.